The lowest BCUT2D eigenvalue weighted by Crippen LogP contribution is -2.38. The quantitative estimate of drug-likeness (QED) is 0.636. The van der Waals surface area contributed by atoms with Crippen LogP contribution in [0.4, 0.5) is 16.4 Å². The standard InChI is InChI=1S/C24H24N4O4/c1-15-7-9-17(10-8-15)26-24(29)32-20-14-31-21-19(13-30-22(20)21)28-23-25-12-11-18(27-23)16-5-3-2-4-6-16/h2-12,19-22H,13-14H2,1H3,(H,26,29)(H,25,27,28)/t19-,20-,21-,22+/m0/s1. The maximum Gasteiger partial charge on any atom is 0.412 e. The van der Waals surface area contributed by atoms with E-state index in [1.54, 1.807) is 6.20 Å². The molecule has 8 nitrogen and oxygen atoms in total. The first kappa shape index (κ1) is 20.4. The summed E-state index contributed by atoms with van der Waals surface area (Å²) in [4.78, 5) is 21.3. The molecule has 3 aromatic rings. The van der Waals surface area contributed by atoms with E-state index in [1.807, 2.05) is 67.6 Å². The molecule has 2 aliphatic heterocycles. The number of aromatic nitrogens is 2. The summed E-state index contributed by atoms with van der Waals surface area (Å²) in [6.45, 7) is 2.68. The van der Waals surface area contributed by atoms with E-state index < -0.39 is 12.2 Å². The fourth-order valence-electron chi connectivity index (χ4n) is 3.97. The van der Waals surface area contributed by atoms with Gasteiger partial charge in [0.15, 0.2) is 6.10 Å². The summed E-state index contributed by atoms with van der Waals surface area (Å²) in [7, 11) is 0. The van der Waals surface area contributed by atoms with Crippen molar-refractivity contribution in [1.82, 2.24) is 9.97 Å². The number of anilines is 2. The monoisotopic (exact) mass is 432 g/mol. The number of hydrogen-bond acceptors (Lipinski definition) is 7. The minimum Gasteiger partial charge on any atom is -0.441 e. The molecule has 32 heavy (non-hydrogen) atoms. The second kappa shape index (κ2) is 8.94. The Morgan fingerprint density at radius 3 is 2.59 bits per heavy atom. The first-order valence-corrected chi connectivity index (χ1v) is 10.6. The molecule has 8 heteroatoms. The second-order valence-electron chi connectivity index (χ2n) is 7.91. The van der Waals surface area contributed by atoms with Gasteiger partial charge in [0.05, 0.1) is 24.9 Å². The van der Waals surface area contributed by atoms with Crippen molar-refractivity contribution in [1.29, 1.82) is 0 Å². The van der Waals surface area contributed by atoms with Gasteiger partial charge in [-0.05, 0) is 25.1 Å². The molecule has 0 unspecified atom stereocenters. The topological polar surface area (TPSA) is 94.6 Å². The molecule has 2 aliphatic rings. The van der Waals surface area contributed by atoms with Crippen molar-refractivity contribution in [2.24, 2.45) is 0 Å². The number of aryl methyl sites for hydroxylation is 1. The molecule has 1 amide bonds. The average Bonchev–Trinajstić information content (AvgIpc) is 3.39. The van der Waals surface area contributed by atoms with Gasteiger partial charge in [-0.2, -0.15) is 0 Å². The Morgan fingerprint density at radius 2 is 1.78 bits per heavy atom. The molecule has 3 heterocycles. The van der Waals surface area contributed by atoms with Crippen LogP contribution >= 0.6 is 0 Å². The number of fused-ring (bicyclic) bond motifs is 1. The van der Waals surface area contributed by atoms with Crippen LogP contribution in [-0.2, 0) is 14.2 Å². The zero-order valence-electron chi connectivity index (χ0n) is 17.6. The van der Waals surface area contributed by atoms with Crippen molar-refractivity contribution in [3.63, 3.8) is 0 Å². The van der Waals surface area contributed by atoms with E-state index in [0.29, 0.717) is 18.2 Å². The highest BCUT2D eigenvalue weighted by Gasteiger charge is 2.49. The van der Waals surface area contributed by atoms with Crippen molar-refractivity contribution < 1.29 is 19.0 Å². The van der Waals surface area contributed by atoms with Gasteiger partial charge in [-0.1, -0.05) is 48.0 Å². The van der Waals surface area contributed by atoms with Gasteiger partial charge in [0, 0.05) is 17.4 Å². The second-order valence-corrected chi connectivity index (χ2v) is 7.91. The van der Waals surface area contributed by atoms with Gasteiger partial charge in [0.2, 0.25) is 5.95 Å². The van der Waals surface area contributed by atoms with Crippen molar-refractivity contribution >= 4 is 17.7 Å². The number of benzene rings is 2. The Morgan fingerprint density at radius 1 is 1.00 bits per heavy atom. The van der Waals surface area contributed by atoms with E-state index in [9.17, 15) is 4.79 Å². The molecule has 1 aromatic heterocycles. The molecule has 5 rings (SSSR count). The molecule has 0 radical (unpaired) electrons. The minimum atomic E-state index is -0.526. The van der Waals surface area contributed by atoms with Crippen LogP contribution in [0.2, 0.25) is 0 Å². The highest BCUT2D eigenvalue weighted by atomic mass is 16.6. The lowest BCUT2D eigenvalue weighted by atomic mass is 10.1. The molecule has 2 fully saturated rings. The molecule has 2 N–H and O–H groups in total. The number of nitrogens with one attached hydrogen (secondary N) is 2. The lowest BCUT2D eigenvalue weighted by Gasteiger charge is -2.18. The van der Waals surface area contributed by atoms with Crippen LogP contribution in [0.3, 0.4) is 0 Å². The first-order valence-electron chi connectivity index (χ1n) is 10.6. The molecule has 0 aliphatic carbocycles. The van der Waals surface area contributed by atoms with E-state index in [2.05, 4.69) is 20.6 Å². The van der Waals surface area contributed by atoms with E-state index in [1.165, 1.54) is 0 Å². The molecule has 2 saturated heterocycles. The Hall–Kier alpha value is -3.49. The van der Waals surface area contributed by atoms with E-state index in [0.717, 1.165) is 16.8 Å². The summed E-state index contributed by atoms with van der Waals surface area (Å²) in [5.41, 5.74) is 3.65. The van der Waals surface area contributed by atoms with Crippen LogP contribution < -0.4 is 10.6 Å². The lowest BCUT2D eigenvalue weighted by molar-refractivity contribution is 0.00917. The highest BCUT2D eigenvalue weighted by molar-refractivity contribution is 5.84. The van der Waals surface area contributed by atoms with Crippen molar-refractivity contribution in [3.8, 4) is 11.3 Å². The molecule has 0 spiro atoms. The third-order valence-corrected chi connectivity index (χ3v) is 5.60. The number of carbonyl (C=O) groups excluding carboxylic acids is 1. The third kappa shape index (κ3) is 4.42. The molecule has 164 valence electrons. The molecule has 2 aromatic carbocycles. The van der Waals surface area contributed by atoms with Gasteiger partial charge in [-0.25, -0.2) is 14.8 Å². The van der Waals surface area contributed by atoms with Crippen molar-refractivity contribution in [2.45, 2.75) is 31.3 Å². The molecular weight excluding hydrogens is 408 g/mol. The van der Waals surface area contributed by atoms with E-state index in [-0.39, 0.29) is 24.9 Å². The molecule has 0 bridgehead atoms. The summed E-state index contributed by atoms with van der Waals surface area (Å²) in [6, 6.07) is 19.2. The van der Waals surface area contributed by atoms with E-state index in [4.69, 9.17) is 14.2 Å². The van der Waals surface area contributed by atoms with Crippen molar-refractivity contribution in [2.75, 3.05) is 23.8 Å². The largest absolute Gasteiger partial charge is 0.441 e. The first-order chi connectivity index (χ1) is 15.7. The summed E-state index contributed by atoms with van der Waals surface area (Å²) in [5.74, 6) is 0.505. The normalized spacial score (nSPS) is 24.0. The SMILES string of the molecule is Cc1ccc(NC(=O)O[C@H]2CO[C@@H]3[C@@H]2OC[C@@H]3Nc2nccc(-c3ccccc3)n2)cc1. The maximum absolute atomic E-state index is 12.3. The zero-order chi connectivity index (χ0) is 21.9. The molecular formula is C24H24N4O4. The number of nitrogens with zero attached hydrogens (tertiary/aromatic N) is 2. The predicted molar refractivity (Wildman–Crippen MR) is 119 cm³/mol. The predicted octanol–water partition coefficient (Wildman–Crippen LogP) is 3.65. The van der Waals surface area contributed by atoms with Crippen LogP contribution in [0.25, 0.3) is 11.3 Å². The number of ether oxygens (including phenoxy) is 3. The zero-order valence-corrected chi connectivity index (χ0v) is 17.6. The fourth-order valence-corrected chi connectivity index (χ4v) is 3.97. The van der Waals surface area contributed by atoms with Gasteiger partial charge in [0.1, 0.15) is 12.2 Å². The summed E-state index contributed by atoms with van der Waals surface area (Å²) in [6.07, 6.45) is 0.127. The number of rotatable bonds is 5. The van der Waals surface area contributed by atoms with Crippen molar-refractivity contribution in [3.05, 3.63) is 72.4 Å². The maximum atomic E-state index is 12.3. The Kier molecular flexibility index (Phi) is 5.70. The smallest absolute Gasteiger partial charge is 0.412 e. The van der Waals surface area contributed by atoms with Crippen LogP contribution in [0.5, 0.6) is 0 Å². The fraction of sp³-hybridized carbons (Fsp3) is 0.292. The van der Waals surface area contributed by atoms with Crippen LogP contribution in [0.15, 0.2) is 66.9 Å². The minimum absolute atomic E-state index is 0.139. The van der Waals surface area contributed by atoms with Gasteiger partial charge in [0.25, 0.3) is 0 Å². The average molecular weight is 432 g/mol. The van der Waals surface area contributed by atoms with Gasteiger partial charge in [-0.15, -0.1) is 0 Å². The Balaban J connectivity index is 1.19. The molecule has 4 atom stereocenters. The third-order valence-electron chi connectivity index (χ3n) is 5.60. The van der Waals surface area contributed by atoms with Crippen LogP contribution in [0.1, 0.15) is 5.56 Å². The Bertz CT molecular complexity index is 1080. The van der Waals surface area contributed by atoms with Crippen LogP contribution in [-0.4, -0.2) is 53.6 Å². The summed E-state index contributed by atoms with van der Waals surface area (Å²) < 4.78 is 17.4. The van der Waals surface area contributed by atoms with Crippen LogP contribution in [0, 0.1) is 6.92 Å². The van der Waals surface area contributed by atoms with Gasteiger partial charge in [-0.3, -0.25) is 5.32 Å². The van der Waals surface area contributed by atoms with E-state index >= 15 is 0 Å². The number of amides is 1. The Labute approximate surface area is 185 Å². The number of hydrogen-bond donors (Lipinski definition) is 2. The number of carbonyl (C=O) groups is 1. The van der Waals surface area contributed by atoms with Gasteiger partial charge >= 0.3 is 6.09 Å². The molecule has 0 saturated carbocycles. The summed E-state index contributed by atoms with van der Waals surface area (Å²) in [5, 5.41) is 6.05. The highest BCUT2D eigenvalue weighted by Crippen LogP contribution is 2.30. The van der Waals surface area contributed by atoms with Gasteiger partial charge < -0.3 is 19.5 Å². The summed E-state index contributed by atoms with van der Waals surface area (Å²) >= 11 is 0.